The lowest BCUT2D eigenvalue weighted by atomic mass is 9.95. The number of rotatable bonds is 7. The second kappa shape index (κ2) is 11.6. The summed E-state index contributed by atoms with van der Waals surface area (Å²) < 4.78 is 48.8. The topological polar surface area (TPSA) is 102 Å². The molecule has 0 spiro atoms. The highest BCUT2D eigenvalue weighted by molar-refractivity contribution is 5.78. The standard InChI is InChI=1S/C31H32F3N5O3/c1-30(2,3)28-38-26(24-12-14-35-29(37-24)36-21-10-5-4-6-11-21)27(19-8-7-9-20(16-19)31(32,33)34)39(28)15-13-23-17-22(40)18-25(41)42-23/h4-12,14,16,22-23,40H,13,15,17-18H2,1-3H3,(H,35,36,37)/t22-,23+/m1/s1. The first kappa shape index (κ1) is 29.2. The van der Waals surface area contributed by atoms with Crippen LogP contribution < -0.4 is 5.32 Å². The highest BCUT2D eigenvalue weighted by atomic mass is 19.4. The van der Waals surface area contributed by atoms with E-state index in [-0.39, 0.29) is 19.4 Å². The molecule has 0 bridgehead atoms. The number of hydrogen-bond acceptors (Lipinski definition) is 7. The van der Waals surface area contributed by atoms with Gasteiger partial charge in [-0.2, -0.15) is 13.2 Å². The van der Waals surface area contributed by atoms with Gasteiger partial charge in [0.05, 0.1) is 29.5 Å². The summed E-state index contributed by atoms with van der Waals surface area (Å²) in [5, 5.41) is 13.3. The Labute approximate surface area is 241 Å². The van der Waals surface area contributed by atoms with Gasteiger partial charge in [-0.1, -0.05) is 51.1 Å². The van der Waals surface area contributed by atoms with Crippen LogP contribution in [0.3, 0.4) is 0 Å². The monoisotopic (exact) mass is 579 g/mol. The molecule has 4 aromatic rings. The van der Waals surface area contributed by atoms with Gasteiger partial charge >= 0.3 is 12.1 Å². The van der Waals surface area contributed by atoms with Crippen molar-refractivity contribution in [1.82, 2.24) is 19.5 Å². The number of benzene rings is 2. The van der Waals surface area contributed by atoms with Crippen LogP contribution in [0.5, 0.6) is 0 Å². The van der Waals surface area contributed by atoms with E-state index in [2.05, 4.69) is 15.3 Å². The summed E-state index contributed by atoms with van der Waals surface area (Å²) in [5.74, 6) is 0.464. The number of nitrogens with one attached hydrogen (secondary N) is 1. The second-order valence-electron chi connectivity index (χ2n) is 11.4. The average Bonchev–Trinajstić information content (AvgIpc) is 3.32. The molecule has 1 fully saturated rings. The number of carbonyl (C=O) groups is 1. The van der Waals surface area contributed by atoms with Gasteiger partial charge in [0.15, 0.2) is 0 Å². The van der Waals surface area contributed by atoms with Crippen LogP contribution in [-0.4, -0.2) is 42.8 Å². The van der Waals surface area contributed by atoms with Crippen molar-refractivity contribution >= 4 is 17.6 Å². The normalized spacial score (nSPS) is 17.6. The fraction of sp³-hybridized carbons (Fsp3) is 0.355. The minimum Gasteiger partial charge on any atom is -0.462 e. The molecule has 2 aromatic heterocycles. The zero-order valence-electron chi connectivity index (χ0n) is 23.5. The molecule has 2 atom stereocenters. The van der Waals surface area contributed by atoms with Gasteiger partial charge in [0.1, 0.15) is 17.6 Å². The number of esters is 1. The van der Waals surface area contributed by atoms with E-state index in [9.17, 15) is 23.1 Å². The fourth-order valence-corrected chi connectivity index (χ4v) is 5.07. The van der Waals surface area contributed by atoms with Crippen LogP contribution in [0.15, 0.2) is 66.9 Å². The molecular formula is C31H32F3N5O3. The zero-order valence-corrected chi connectivity index (χ0v) is 23.5. The number of imidazole rings is 1. The molecular weight excluding hydrogens is 547 g/mol. The summed E-state index contributed by atoms with van der Waals surface area (Å²) >= 11 is 0. The predicted octanol–water partition coefficient (Wildman–Crippen LogP) is 6.52. The number of aliphatic hydroxyl groups is 1. The molecule has 3 heterocycles. The van der Waals surface area contributed by atoms with Crippen LogP contribution in [0.4, 0.5) is 24.8 Å². The lowest BCUT2D eigenvalue weighted by Gasteiger charge is -2.27. The molecule has 0 amide bonds. The molecule has 0 aliphatic carbocycles. The van der Waals surface area contributed by atoms with Crippen LogP contribution in [0.1, 0.15) is 51.4 Å². The first-order valence-electron chi connectivity index (χ1n) is 13.7. The molecule has 1 saturated heterocycles. The van der Waals surface area contributed by atoms with Gasteiger partial charge in [-0.25, -0.2) is 15.0 Å². The molecule has 5 rings (SSSR count). The van der Waals surface area contributed by atoms with Crippen LogP contribution in [0, 0.1) is 0 Å². The third-order valence-electron chi connectivity index (χ3n) is 6.94. The molecule has 42 heavy (non-hydrogen) atoms. The van der Waals surface area contributed by atoms with Crippen LogP contribution in [0.2, 0.25) is 0 Å². The minimum absolute atomic E-state index is 0.0541. The molecule has 220 valence electrons. The van der Waals surface area contributed by atoms with Crippen molar-refractivity contribution in [2.75, 3.05) is 5.32 Å². The number of halogens is 3. The van der Waals surface area contributed by atoms with E-state index in [1.54, 1.807) is 18.3 Å². The Morgan fingerprint density at radius 1 is 1.05 bits per heavy atom. The van der Waals surface area contributed by atoms with Crippen molar-refractivity contribution in [3.05, 3.63) is 78.2 Å². The summed E-state index contributed by atoms with van der Waals surface area (Å²) in [4.78, 5) is 25.9. The Morgan fingerprint density at radius 3 is 2.50 bits per heavy atom. The van der Waals surface area contributed by atoms with Crippen molar-refractivity contribution in [3.63, 3.8) is 0 Å². The van der Waals surface area contributed by atoms with Crippen molar-refractivity contribution in [2.24, 2.45) is 0 Å². The molecule has 1 aliphatic rings. The fourth-order valence-electron chi connectivity index (χ4n) is 5.07. The van der Waals surface area contributed by atoms with Crippen molar-refractivity contribution in [1.29, 1.82) is 0 Å². The lowest BCUT2D eigenvalue weighted by molar-refractivity contribution is -0.160. The van der Waals surface area contributed by atoms with Crippen LogP contribution >= 0.6 is 0 Å². The van der Waals surface area contributed by atoms with E-state index < -0.39 is 35.3 Å². The molecule has 11 heteroatoms. The number of aliphatic hydroxyl groups excluding tert-OH is 1. The third-order valence-corrected chi connectivity index (χ3v) is 6.94. The Balaban J connectivity index is 1.64. The number of hydrogen-bond donors (Lipinski definition) is 2. The molecule has 0 saturated carbocycles. The van der Waals surface area contributed by atoms with Gasteiger partial charge in [0, 0.05) is 42.2 Å². The zero-order chi connectivity index (χ0) is 30.1. The highest BCUT2D eigenvalue weighted by Gasteiger charge is 2.33. The van der Waals surface area contributed by atoms with Crippen molar-refractivity contribution in [3.8, 4) is 22.6 Å². The van der Waals surface area contributed by atoms with Crippen LogP contribution in [0.25, 0.3) is 22.6 Å². The molecule has 8 nitrogen and oxygen atoms in total. The Hall–Kier alpha value is -4.25. The largest absolute Gasteiger partial charge is 0.462 e. The van der Waals surface area contributed by atoms with E-state index in [0.29, 0.717) is 40.8 Å². The number of anilines is 2. The van der Waals surface area contributed by atoms with Crippen molar-refractivity contribution < 1.29 is 27.8 Å². The maximum absolute atomic E-state index is 13.8. The highest BCUT2D eigenvalue weighted by Crippen LogP contribution is 2.39. The number of alkyl halides is 3. The van der Waals surface area contributed by atoms with Gasteiger partial charge in [-0.05, 0) is 30.3 Å². The summed E-state index contributed by atoms with van der Waals surface area (Å²) in [6, 6.07) is 16.2. The summed E-state index contributed by atoms with van der Waals surface area (Å²) in [6.45, 7) is 6.20. The molecule has 2 aromatic carbocycles. The molecule has 0 unspecified atom stereocenters. The van der Waals surface area contributed by atoms with Gasteiger partial charge in [-0.3, -0.25) is 4.79 Å². The minimum atomic E-state index is -4.54. The maximum atomic E-state index is 13.8. The van der Waals surface area contributed by atoms with Gasteiger partial charge in [-0.15, -0.1) is 0 Å². The van der Waals surface area contributed by atoms with Gasteiger partial charge in [0.2, 0.25) is 5.95 Å². The predicted molar refractivity (Wildman–Crippen MR) is 152 cm³/mol. The van der Waals surface area contributed by atoms with Gasteiger partial charge in [0.25, 0.3) is 0 Å². The molecule has 2 N–H and O–H groups in total. The Morgan fingerprint density at radius 2 is 1.81 bits per heavy atom. The summed E-state index contributed by atoms with van der Waals surface area (Å²) in [5.41, 5.74) is 1.10. The van der Waals surface area contributed by atoms with E-state index >= 15 is 0 Å². The number of aromatic nitrogens is 4. The first-order chi connectivity index (χ1) is 19.9. The van der Waals surface area contributed by atoms with E-state index in [1.165, 1.54) is 6.07 Å². The Kier molecular flexibility index (Phi) is 8.05. The first-order valence-corrected chi connectivity index (χ1v) is 13.7. The van der Waals surface area contributed by atoms with E-state index in [4.69, 9.17) is 9.72 Å². The number of nitrogens with zero attached hydrogens (tertiary/aromatic N) is 4. The lowest BCUT2D eigenvalue weighted by Crippen LogP contribution is -2.33. The average molecular weight is 580 g/mol. The van der Waals surface area contributed by atoms with E-state index in [1.807, 2.05) is 55.7 Å². The molecule has 0 radical (unpaired) electrons. The number of ether oxygens (including phenoxy) is 1. The summed E-state index contributed by atoms with van der Waals surface area (Å²) in [7, 11) is 0. The van der Waals surface area contributed by atoms with Gasteiger partial charge < -0.3 is 19.7 Å². The third kappa shape index (κ3) is 6.62. The smallest absolute Gasteiger partial charge is 0.416 e. The van der Waals surface area contributed by atoms with E-state index in [0.717, 1.165) is 17.8 Å². The SMILES string of the molecule is CC(C)(C)c1nc(-c2ccnc(Nc3ccccc3)n2)c(-c2cccc(C(F)(F)F)c2)n1CC[C@H]1C[C@@H](O)CC(=O)O1. The number of cyclic esters (lactones) is 1. The number of para-hydroxylation sites is 1. The molecule has 1 aliphatic heterocycles. The second-order valence-corrected chi connectivity index (χ2v) is 11.4. The summed E-state index contributed by atoms with van der Waals surface area (Å²) in [6.07, 6.45) is -3.72. The maximum Gasteiger partial charge on any atom is 0.416 e. The number of carbonyl (C=O) groups excluding carboxylic acids is 1. The quantitative estimate of drug-likeness (QED) is 0.240. The van der Waals surface area contributed by atoms with Crippen LogP contribution in [-0.2, 0) is 27.7 Å². The van der Waals surface area contributed by atoms with Crippen molar-refractivity contribution in [2.45, 2.75) is 70.4 Å². The Bertz CT molecular complexity index is 1560.